The molecular formula is C12H19N3O2. The number of rotatable bonds is 6. The first-order chi connectivity index (χ1) is 8.02. The van der Waals surface area contributed by atoms with Crippen LogP contribution >= 0.6 is 0 Å². The average molecular weight is 237 g/mol. The third kappa shape index (κ3) is 4.38. The van der Waals surface area contributed by atoms with Gasteiger partial charge in [0.05, 0.1) is 0 Å². The summed E-state index contributed by atoms with van der Waals surface area (Å²) in [4.78, 5) is 20.9. The van der Waals surface area contributed by atoms with Crippen LogP contribution < -0.4 is 4.90 Å². The first kappa shape index (κ1) is 13.4. The molecule has 5 nitrogen and oxygen atoms in total. The van der Waals surface area contributed by atoms with Crippen LogP contribution in [0.2, 0.25) is 0 Å². The fourth-order valence-electron chi connectivity index (χ4n) is 1.60. The summed E-state index contributed by atoms with van der Waals surface area (Å²) in [6, 6.07) is 1.85. The van der Waals surface area contributed by atoms with Gasteiger partial charge in [-0.15, -0.1) is 0 Å². The van der Waals surface area contributed by atoms with Crippen molar-refractivity contribution >= 4 is 11.8 Å². The van der Waals surface area contributed by atoms with Crippen molar-refractivity contribution in [3.05, 3.63) is 18.1 Å². The summed E-state index contributed by atoms with van der Waals surface area (Å²) < 4.78 is 0. The van der Waals surface area contributed by atoms with Crippen LogP contribution in [0.15, 0.2) is 12.4 Å². The monoisotopic (exact) mass is 237 g/mol. The molecule has 0 aliphatic heterocycles. The van der Waals surface area contributed by atoms with Gasteiger partial charge in [0, 0.05) is 18.3 Å². The number of aryl methyl sites for hydroxylation is 1. The van der Waals surface area contributed by atoms with Crippen LogP contribution in [0, 0.1) is 5.92 Å². The van der Waals surface area contributed by atoms with E-state index < -0.39 is 5.97 Å². The SMILES string of the molecule is CCc1cc(N(CC(=O)O)CC(C)C)ncn1. The zero-order valence-electron chi connectivity index (χ0n) is 10.6. The fourth-order valence-corrected chi connectivity index (χ4v) is 1.60. The largest absolute Gasteiger partial charge is 0.480 e. The smallest absolute Gasteiger partial charge is 0.323 e. The molecular weight excluding hydrogens is 218 g/mol. The van der Waals surface area contributed by atoms with Crippen LogP contribution in [0.1, 0.15) is 26.5 Å². The highest BCUT2D eigenvalue weighted by Gasteiger charge is 2.13. The van der Waals surface area contributed by atoms with E-state index in [0.29, 0.717) is 18.3 Å². The predicted octanol–water partition coefficient (Wildman–Crippen LogP) is 1.59. The summed E-state index contributed by atoms with van der Waals surface area (Å²) in [5, 5.41) is 8.90. The van der Waals surface area contributed by atoms with Gasteiger partial charge in [0.25, 0.3) is 0 Å². The molecule has 0 radical (unpaired) electrons. The Morgan fingerprint density at radius 3 is 2.71 bits per heavy atom. The molecule has 94 valence electrons. The number of hydrogen-bond acceptors (Lipinski definition) is 4. The third-order valence-electron chi connectivity index (χ3n) is 2.31. The van der Waals surface area contributed by atoms with Gasteiger partial charge in [0.15, 0.2) is 0 Å². The molecule has 0 aliphatic carbocycles. The van der Waals surface area contributed by atoms with Crippen LogP contribution in [-0.2, 0) is 11.2 Å². The first-order valence-corrected chi connectivity index (χ1v) is 5.80. The Morgan fingerprint density at radius 2 is 2.18 bits per heavy atom. The Balaban J connectivity index is 2.90. The maximum Gasteiger partial charge on any atom is 0.323 e. The van der Waals surface area contributed by atoms with Gasteiger partial charge in [0.1, 0.15) is 18.7 Å². The van der Waals surface area contributed by atoms with Crippen molar-refractivity contribution in [2.24, 2.45) is 5.92 Å². The van der Waals surface area contributed by atoms with E-state index in [-0.39, 0.29) is 6.54 Å². The van der Waals surface area contributed by atoms with Crippen molar-refractivity contribution in [3.8, 4) is 0 Å². The number of anilines is 1. The van der Waals surface area contributed by atoms with E-state index in [1.807, 2.05) is 13.0 Å². The number of nitrogens with zero attached hydrogens (tertiary/aromatic N) is 3. The molecule has 1 aromatic heterocycles. The Hall–Kier alpha value is -1.65. The van der Waals surface area contributed by atoms with Gasteiger partial charge in [0.2, 0.25) is 0 Å². The molecule has 0 saturated heterocycles. The lowest BCUT2D eigenvalue weighted by atomic mass is 10.2. The maximum atomic E-state index is 10.8. The Morgan fingerprint density at radius 1 is 1.47 bits per heavy atom. The van der Waals surface area contributed by atoms with Crippen molar-refractivity contribution < 1.29 is 9.90 Å². The van der Waals surface area contributed by atoms with E-state index in [4.69, 9.17) is 5.11 Å². The van der Waals surface area contributed by atoms with Crippen LogP contribution in [0.25, 0.3) is 0 Å². The number of carboxylic acids is 1. The molecule has 1 N–H and O–H groups in total. The molecule has 1 rings (SSSR count). The van der Waals surface area contributed by atoms with Gasteiger partial charge in [-0.05, 0) is 12.3 Å². The summed E-state index contributed by atoms with van der Waals surface area (Å²) in [6.07, 6.45) is 2.31. The van der Waals surface area contributed by atoms with E-state index in [2.05, 4.69) is 23.8 Å². The molecule has 0 amide bonds. The van der Waals surface area contributed by atoms with Gasteiger partial charge in [-0.2, -0.15) is 0 Å². The number of carbonyl (C=O) groups is 1. The zero-order chi connectivity index (χ0) is 12.8. The molecule has 0 aliphatic rings. The lowest BCUT2D eigenvalue weighted by molar-refractivity contribution is -0.135. The van der Waals surface area contributed by atoms with E-state index >= 15 is 0 Å². The highest BCUT2D eigenvalue weighted by atomic mass is 16.4. The number of aliphatic carboxylic acids is 1. The maximum absolute atomic E-state index is 10.8. The first-order valence-electron chi connectivity index (χ1n) is 5.80. The molecule has 0 atom stereocenters. The Labute approximate surface area is 102 Å². The number of carboxylic acid groups (broad SMARTS) is 1. The third-order valence-corrected chi connectivity index (χ3v) is 2.31. The van der Waals surface area contributed by atoms with Crippen molar-refractivity contribution in [2.45, 2.75) is 27.2 Å². The van der Waals surface area contributed by atoms with Gasteiger partial charge >= 0.3 is 5.97 Å². The molecule has 0 unspecified atom stereocenters. The van der Waals surface area contributed by atoms with E-state index in [1.165, 1.54) is 6.33 Å². The lowest BCUT2D eigenvalue weighted by Crippen LogP contribution is -2.33. The van der Waals surface area contributed by atoms with Crippen LogP contribution in [-0.4, -0.2) is 34.1 Å². The van der Waals surface area contributed by atoms with Gasteiger partial charge < -0.3 is 10.0 Å². The fraction of sp³-hybridized carbons (Fsp3) is 0.583. The molecule has 0 saturated carbocycles. The highest BCUT2D eigenvalue weighted by molar-refractivity contribution is 5.73. The minimum absolute atomic E-state index is 0.0294. The van der Waals surface area contributed by atoms with E-state index in [1.54, 1.807) is 4.90 Å². The second kappa shape index (κ2) is 6.18. The van der Waals surface area contributed by atoms with Crippen molar-refractivity contribution in [1.82, 2.24) is 9.97 Å². The van der Waals surface area contributed by atoms with Crippen LogP contribution in [0.5, 0.6) is 0 Å². The molecule has 0 aromatic carbocycles. The number of aromatic nitrogens is 2. The summed E-state index contributed by atoms with van der Waals surface area (Å²) in [5.74, 6) is 0.227. The summed E-state index contributed by atoms with van der Waals surface area (Å²) in [7, 11) is 0. The standard InChI is InChI=1S/C12H19N3O2/c1-4-10-5-11(14-8-13-10)15(6-9(2)3)7-12(16)17/h5,8-9H,4,6-7H2,1-3H3,(H,16,17). The normalized spacial score (nSPS) is 10.6. The minimum atomic E-state index is -0.845. The molecule has 1 aromatic rings. The molecule has 5 heteroatoms. The topological polar surface area (TPSA) is 66.3 Å². The molecule has 0 bridgehead atoms. The van der Waals surface area contributed by atoms with Crippen molar-refractivity contribution in [2.75, 3.05) is 18.0 Å². The van der Waals surface area contributed by atoms with Gasteiger partial charge in [-0.3, -0.25) is 4.79 Å². The molecule has 0 spiro atoms. The van der Waals surface area contributed by atoms with Gasteiger partial charge in [-0.25, -0.2) is 9.97 Å². The van der Waals surface area contributed by atoms with E-state index in [0.717, 1.165) is 12.1 Å². The zero-order valence-corrected chi connectivity index (χ0v) is 10.6. The molecule has 1 heterocycles. The average Bonchev–Trinajstić information content (AvgIpc) is 2.27. The number of hydrogen-bond donors (Lipinski definition) is 1. The van der Waals surface area contributed by atoms with Crippen molar-refractivity contribution in [3.63, 3.8) is 0 Å². The molecule has 17 heavy (non-hydrogen) atoms. The van der Waals surface area contributed by atoms with Gasteiger partial charge in [-0.1, -0.05) is 20.8 Å². The van der Waals surface area contributed by atoms with Crippen LogP contribution in [0.3, 0.4) is 0 Å². The molecule has 0 fully saturated rings. The summed E-state index contributed by atoms with van der Waals surface area (Å²) in [6.45, 7) is 6.76. The minimum Gasteiger partial charge on any atom is -0.480 e. The Bertz CT molecular complexity index is 380. The van der Waals surface area contributed by atoms with Crippen molar-refractivity contribution in [1.29, 1.82) is 0 Å². The second-order valence-electron chi connectivity index (χ2n) is 4.39. The summed E-state index contributed by atoms with van der Waals surface area (Å²) in [5.41, 5.74) is 0.925. The predicted molar refractivity (Wildman–Crippen MR) is 66.1 cm³/mol. The highest BCUT2D eigenvalue weighted by Crippen LogP contribution is 2.13. The Kier molecular flexibility index (Phi) is 4.87. The lowest BCUT2D eigenvalue weighted by Gasteiger charge is -2.23. The van der Waals surface area contributed by atoms with Crippen LogP contribution in [0.4, 0.5) is 5.82 Å². The quantitative estimate of drug-likeness (QED) is 0.813. The van der Waals surface area contributed by atoms with E-state index in [9.17, 15) is 4.79 Å². The second-order valence-corrected chi connectivity index (χ2v) is 4.39. The summed E-state index contributed by atoms with van der Waals surface area (Å²) >= 11 is 0.